The van der Waals surface area contributed by atoms with Crippen LogP contribution in [0.2, 0.25) is 0 Å². The largest absolute Gasteiger partial charge is 0.330 e. The molecule has 0 heterocycles. The van der Waals surface area contributed by atoms with Gasteiger partial charge in [-0.1, -0.05) is 6.58 Å². The van der Waals surface area contributed by atoms with Crippen LogP contribution in [-0.2, 0) is 4.79 Å². The first-order valence-corrected chi connectivity index (χ1v) is 4.78. The lowest BCUT2D eigenvalue weighted by atomic mass is 10.3. The van der Waals surface area contributed by atoms with Crippen LogP contribution in [0.25, 0.3) is 0 Å². The van der Waals surface area contributed by atoms with Crippen molar-refractivity contribution >= 4 is 11.6 Å². The Balaban J connectivity index is 2.46. The predicted octanol–water partition coefficient (Wildman–Crippen LogP) is 2.02. The smallest absolute Gasteiger partial charge is 0.227 e. The van der Waals surface area contributed by atoms with Gasteiger partial charge in [-0.3, -0.25) is 9.79 Å². The Kier molecular flexibility index (Phi) is 3.63. The zero-order valence-corrected chi connectivity index (χ0v) is 8.71. The van der Waals surface area contributed by atoms with Gasteiger partial charge in [-0.05, 0) is 32.8 Å². The van der Waals surface area contributed by atoms with Gasteiger partial charge in [-0.15, -0.1) is 0 Å². The molecule has 0 aliphatic heterocycles. The predicted molar refractivity (Wildman–Crippen MR) is 57.9 cm³/mol. The lowest BCUT2D eigenvalue weighted by molar-refractivity contribution is -0.121. The number of allylic oxidation sites excluding steroid dienone is 2. The van der Waals surface area contributed by atoms with E-state index < -0.39 is 0 Å². The first kappa shape index (κ1) is 10.7. The Morgan fingerprint density at radius 2 is 2.14 bits per heavy atom. The van der Waals surface area contributed by atoms with E-state index in [0.29, 0.717) is 0 Å². The second-order valence-electron chi connectivity index (χ2n) is 3.54. The highest BCUT2D eigenvalue weighted by Crippen LogP contribution is 2.28. The lowest BCUT2D eigenvalue weighted by Crippen LogP contribution is -2.23. The topological polar surface area (TPSA) is 41.5 Å². The summed E-state index contributed by atoms with van der Waals surface area (Å²) in [7, 11) is 0. The van der Waals surface area contributed by atoms with Gasteiger partial charge >= 0.3 is 0 Å². The number of hydrogen-bond donors (Lipinski definition) is 1. The van der Waals surface area contributed by atoms with E-state index in [2.05, 4.69) is 16.9 Å². The summed E-state index contributed by atoms with van der Waals surface area (Å²) in [5.41, 5.74) is 1.68. The van der Waals surface area contributed by atoms with Crippen LogP contribution in [0.3, 0.4) is 0 Å². The maximum Gasteiger partial charge on any atom is 0.227 e. The second-order valence-corrected chi connectivity index (χ2v) is 3.54. The van der Waals surface area contributed by atoms with Crippen molar-refractivity contribution in [3.63, 3.8) is 0 Å². The molecule has 3 nitrogen and oxygen atoms in total. The average molecular weight is 192 g/mol. The van der Waals surface area contributed by atoms with Crippen LogP contribution in [0, 0.1) is 5.92 Å². The van der Waals surface area contributed by atoms with Crippen molar-refractivity contribution in [3.8, 4) is 0 Å². The zero-order valence-electron chi connectivity index (χ0n) is 8.71. The highest BCUT2D eigenvalue weighted by Gasteiger charge is 2.29. The molecule has 1 saturated carbocycles. The SMILES string of the molecule is C=CN=C(C)/C=C(\C)NC(=O)C1CC1. The van der Waals surface area contributed by atoms with Crippen molar-refractivity contribution in [3.05, 3.63) is 24.6 Å². The van der Waals surface area contributed by atoms with Gasteiger partial charge in [0.2, 0.25) is 5.91 Å². The number of carbonyl (C=O) groups excluding carboxylic acids is 1. The van der Waals surface area contributed by atoms with Crippen LogP contribution in [0.1, 0.15) is 26.7 Å². The third kappa shape index (κ3) is 3.56. The fraction of sp³-hybridized carbons (Fsp3) is 0.455. The van der Waals surface area contributed by atoms with Gasteiger partial charge in [0.25, 0.3) is 0 Å². The van der Waals surface area contributed by atoms with Crippen molar-refractivity contribution in [2.75, 3.05) is 0 Å². The fourth-order valence-corrected chi connectivity index (χ4v) is 1.17. The van der Waals surface area contributed by atoms with Gasteiger partial charge in [-0.2, -0.15) is 0 Å². The number of aliphatic imine (C=N–C) groups is 1. The molecule has 0 aromatic rings. The molecule has 0 saturated heterocycles. The maximum atomic E-state index is 11.3. The summed E-state index contributed by atoms with van der Waals surface area (Å²) < 4.78 is 0. The van der Waals surface area contributed by atoms with Crippen LogP contribution in [-0.4, -0.2) is 11.6 Å². The summed E-state index contributed by atoms with van der Waals surface area (Å²) in [5.74, 6) is 0.375. The summed E-state index contributed by atoms with van der Waals surface area (Å²) >= 11 is 0. The summed E-state index contributed by atoms with van der Waals surface area (Å²) in [6.07, 6.45) is 5.38. The van der Waals surface area contributed by atoms with Gasteiger partial charge in [0.05, 0.1) is 0 Å². The van der Waals surface area contributed by atoms with Gasteiger partial charge in [-0.25, -0.2) is 0 Å². The molecule has 14 heavy (non-hydrogen) atoms. The van der Waals surface area contributed by atoms with Crippen molar-refractivity contribution in [1.29, 1.82) is 0 Å². The summed E-state index contributed by atoms with van der Waals surface area (Å²) in [6, 6.07) is 0. The van der Waals surface area contributed by atoms with E-state index >= 15 is 0 Å². The van der Waals surface area contributed by atoms with Gasteiger partial charge in [0, 0.05) is 23.5 Å². The third-order valence-corrected chi connectivity index (χ3v) is 1.99. The normalized spacial score (nSPS) is 17.9. The van der Waals surface area contributed by atoms with E-state index in [9.17, 15) is 4.79 Å². The summed E-state index contributed by atoms with van der Waals surface area (Å²) in [4.78, 5) is 15.3. The number of amides is 1. The Morgan fingerprint density at radius 1 is 1.50 bits per heavy atom. The zero-order chi connectivity index (χ0) is 10.6. The molecule has 1 aliphatic rings. The Hall–Kier alpha value is -1.38. The number of nitrogens with zero attached hydrogens (tertiary/aromatic N) is 1. The van der Waals surface area contributed by atoms with Crippen LogP contribution in [0.15, 0.2) is 29.5 Å². The minimum atomic E-state index is 0.130. The Morgan fingerprint density at radius 3 is 2.64 bits per heavy atom. The fourth-order valence-electron chi connectivity index (χ4n) is 1.17. The van der Waals surface area contributed by atoms with Crippen LogP contribution in [0.5, 0.6) is 0 Å². The van der Waals surface area contributed by atoms with Crippen LogP contribution < -0.4 is 5.32 Å². The molecular weight excluding hydrogens is 176 g/mol. The molecule has 0 spiro atoms. The molecule has 0 atom stereocenters. The first-order valence-electron chi connectivity index (χ1n) is 4.78. The standard InChI is InChI=1S/C11H16N2O/c1-4-12-8(2)7-9(3)13-11(14)10-5-6-10/h4,7,10H,1,5-6H2,2-3H3,(H,13,14)/b9-7+,12-8?. The molecule has 0 unspecified atom stereocenters. The molecule has 3 heteroatoms. The summed E-state index contributed by atoms with van der Waals surface area (Å²) in [6.45, 7) is 7.24. The molecule has 0 bridgehead atoms. The van der Waals surface area contributed by atoms with Gasteiger partial charge < -0.3 is 5.32 Å². The molecule has 1 amide bonds. The minimum absolute atomic E-state index is 0.130. The van der Waals surface area contributed by atoms with Crippen molar-refractivity contribution < 1.29 is 4.79 Å². The monoisotopic (exact) mass is 192 g/mol. The third-order valence-electron chi connectivity index (χ3n) is 1.99. The highest BCUT2D eigenvalue weighted by molar-refractivity contribution is 5.94. The van der Waals surface area contributed by atoms with E-state index in [1.54, 1.807) is 0 Å². The molecule has 1 aliphatic carbocycles. The Labute approximate surface area is 84.6 Å². The van der Waals surface area contributed by atoms with E-state index in [0.717, 1.165) is 24.3 Å². The van der Waals surface area contributed by atoms with Crippen LogP contribution in [0.4, 0.5) is 0 Å². The number of hydrogen-bond acceptors (Lipinski definition) is 2. The van der Waals surface area contributed by atoms with Crippen molar-refractivity contribution in [1.82, 2.24) is 5.32 Å². The van der Waals surface area contributed by atoms with E-state index in [1.165, 1.54) is 6.20 Å². The van der Waals surface area contributed by atoms with Gasteiger partial charge in [0.15, 0.2) is 0 Å². The summed E-state index contributed by atoms with van der Waals surface area (Å²) in [5, 5.41) is 2.84. The number of rotatable bonds is 4. The average Bonchev–Trinajstić information content (AvgIpc) is 2.85. The Bertz CT molecular complexity index is 298. The molecule has 0 radical (unpaired) electrons. The number of nitrogens with one attached hydrogen (secondary N) is 1. The maximum absolute atomic E-state index is 11.3. The molecule has 0 aromatic carbocycles. The molecular formula is C11H16N2O. The van der Waals surface area contributed by atoms with Crippen molar-refractivity contribution in [2.24, 2.45) is 10.9 Å². The van der Waals surface area contributed by atoms with E-state index in [4.69, 9.17) is 0 Å². The molecule has 1 N–H and O–H groups in total. The quantitative estimate of drug-likeness (QED) is 0.680. The molecule has 1 rings (SSSR count). The molecule has 0 aromatic heterocycles. The molecule has 76 valence electrons. The van der Waals surface area contributed by atoms with Gasteiger partial charge in [0.1, 0.15) is 0 Å². The second kappa shape index (κ2) is 4.74. The molecule has 1 fully saturated rings. The lowest BCUT2D eigenvalue weighted by Gasteiger charge is -2.03. The van der Waals surface area contributed by atoms with E-state index in [1.807, 2.05) is 19.9 Å². The minimum Gasteiger partial charge on any atom is -0.330 e. The van der Waals surface area contributed by atoms with Crippen molar-refractivity contribution in [2.45, 2.75) is 26.7 Å². The van der Waals surface area contributed by atoms with E-state index in [-0.39, 0.29) is 11.8 Å². The first-order chi connectivity index (χ1) is 6.63. The van der Waals surface area contributed by atoms with Crippen LogP contribution >= 0.6 is 0 Å². The highest BCUT2D eigenvalue weighted by atomic mass is 16.2. The number of carbonyl (C=O) groups is 1.